The van der Waals surface area contributed by atoms with Crippen LogP contribution in [0.15, 0.2) is 79.0 Å². The lowest BCUT2D eigenvalue weighted by Gasteiger charge is -2.13. The van der Waals surface area contributed by atoms with Gasteiger partial charge in [-0.3, -0.25) is 19.9 Å². The van der Waals surface area contributed by atoms with Crippen LogP contribution in [0.1, 0.15) is 15.9 Å². The van der Waals surface area contributed by atoms with Gasteiger partial charge in [0, 0.05) is 28.8 Å². The predicted octanol–water partition coefficient (Wildman–Crippen LogP) is 5.37. The molecule has 0 unspecified atom stereocenters. The zero-order valence-electron chi connectivity index (χ0n) is 15.6. The Bertz CT molecular complexity index is 1250. The fraction of sp³-hybridized carbons (Fsp3) is 0.0435. The van der Waals surface area contributed by atoms with Crippen molar-refractivity contribution in [2.75, 3.05) is 5.32 Å². The lowest BCUT2D eigenvalue weighted by Crippen LogP contribution is -2.14. The van der Waals surface area contributed by atoms with E-state index < -0.39 is 4.92 Å². The third kappa shape index (κ3) is 3.55. The molecule has 1 heterocycles. The minimum atomic E-state index is -0.439. The number of nitrogens with one attached hydrogen (secondary N) is 1. The molecule has 6 nitrogen and oxygen atoms in total. The van der Waals surface area contributed by atoms with Crippen molar-refractivity contribution in [3.05, 3.63) is 100 Å². The number of nitro groups is 1. The minimum absolute atomic E-state index is 0.0442. The number of carbonyl (C=O) groups excluding carboxylic acids is 1. The summed E-state index contributed by atoms with van der Waals surface area (Å²) in [6.45, 7) is 1.87. The molecule has 4 aromatic rings. The Kier molecular flexibility index (Phi) is 4.75. The van der Waals surface area contributed by atoms with Crippen molar-refractivity contribution in [2.45, 2.75) is 6.92 Å². The Balaban J connectivity index is 1.80. The van der Waals surface area contributed by atoms with Gasteiger partial charge >= 0.3 is 0 Å². The van der Waals surface area contributed by atoms with Gasteiger partial charge in [-0.15, -0.1) is 0 Å². The molecule has 1 N–H and O–H groups in total. The van der Waals surface area contributed by atoms with Crippen LogP contribution >= 0.6 is 0 Å². The smallest absolute Gasteiger partial charge is 0.277 e. The molecule has 3 aromatic carbocycles. The summed E-state index contributed by atoms with van der Waals surface area (Å²) in [7, 11) is 0. The van der Waals surface area contributed by atoms with Crippen LogP contribution in [0.25, 0.3) is 22.0 Å². The monoisotopic (exact) mass is 383 g/mol. The first-order chi connectivity index (χ1) is 14.0. The standard InChI is InChI=1S/C23H17N3O3/c1-15-11-12-17(18-8-2-3-10-21(18)26(28)29)19(14-15)23(27)25-20-9-4-6-16-7-5-13-24-22(16)20/h2-14H,1H3,(H,25,27). The number of amides is 1. The highest BCUT2D eigenvalue weighted by molar-refractivity contribution is 6.12. The molecular weight excluding hydrogens is 366 g/mol. The predicted molar refractivity (Wildman–Crippen MR) is 113 cm³/mol. The number of fused-ring (bicyclic) bond motifs is 1. The number of aryl methyl sites for hydroxylation is 1. The molecule has 142 valence electrons. The summed E-state index contributed by atoms with van der Waals surface area (Å²) in [6, 6.07) is 21.0. The van der Waals surface area contributed by atoms with Gasteiger partial charge in [0.25, 0.3) is 11.6 Å². The van der Waals surface area contributed by atoms with Crippen molar-refractivity contribution in [2.24, 2.45) is 0 Å². The van der Waals surface area contributed by atoms with E-state index in [2.05, 4.69) is 10.3 Å². The average molecular weight is 383 g/mol. The second kappa shape index (κ2) is 7.52. The number of anilines is 1. The van der Waals surface area contributed by atoms with Crippen LogP contribution in [0.3, 0.4) is 0 Å². The third-order valence-corrected chi connectivity index (χ3v) is 4.69. The third-order valence-electron chi connectivity index (χ3n) is 4.69. The summed E-state index contributed by atoms with van der Waals surface area (Å²) in [5.41, 5.74) is 3.39. The molecule has 29 heavy (non-hydrogen) atoms. The highest BCUT2D eigenvalue weighted by Gasteiger charge is 2.21. The van der Waals surface area contributed by atoms with Gasteiger partial charge in [0.05, 0.1) is 21.7 Å². The molecule has 0 saturated heterocycles. The molecule has 0 aliphatic carbocycles. The van der Waals surface area contributed by atoms with Crippen molar-refractivity contribution < 1.29 is 9.72 Å². The fourth-order valence-corrected chi connectivity index (χ4v) is 3.34. The number of hydrogen-bond acceptors (Lipinski definition) is 4. The number of para-hydroxylation sites is 2. The van der Waals surface area contributed by atoms with E-state index in [-0.39, 0.29) is 11.6 Å². The van der Waals surface area contributed by atoms with Crippen LogP contribution in [0, 0.1) is 17.0 Å². The number of aromatic nitrogens is 1. The summed E-state index contributed by atoms with van der Waals surface area (Å²) in [5.74, 6) is -0.347. The molecule has 0 atom stereocenters. The van der Waals surface area contributed by atoms with Gasteiger partial charge in [-0.1, -0.05) is 48.0 Å². The van der Waals surface area contributed by atoms with Crippen molar-refractivity contribution in [3.63, 3.8) is 0 Å². The molecular formula is C23H17N3O3. The van der Waals surface area contributed by atoms with Crippen LogP contribution in [-0.2, 0) is 0 Å². The second-order valence-electron chi connectivity index (χ2n) is 6.66. The number of pyridine rings is 1. The number of rotatable bonds is 4. The molecule has 6 heteroatoms. The summed E-state index contributed by atoms with van der Waals surface area (Å²) in [4.78, 5) is 28.6. The van der Waals surface area contributed by atoms with Gasteiger partial charge in [0.15, 0.2) is 0 Å². The maximum absolute atomic E-state index is 13.2. The molecule has 0 radical (unpaired) electrons. The highest BCUT2D eigenvalue weighted by atomic mass is 16.6. The van der Waals surface area contributed by atoms with Crippen LogP contribution in [0.4, 0.5) is 11.4 Å². The first-order valence-electron chi connectivity index (χ1n) is 9.04. The zero-order valence-corrected chi connectivity index (χ0v) is 15.6. The highest BCUT2D eigenvalue weighted by Crippen LogP contribution is 2.33. The van der Waals surface area contributed by atoms with Crippen molar-refractivity contribution in [1.29, 1.82) is 0 Å². The Morgan fingerprint density at radius 2 is 1.76 bits per heavy atom. The van der Waals surface area contributed by atoms with E-state index in [0.29, 0.717) is 27.9 Å². The van der Waals surface area contributed by atoms with E-state index in [4.69, 9.17) is 0 Å². The number of hydrogen-bond donors (Lipinski definition) is 1. The SMILES string of the molecule is Cc1ccc(-c2ccccc2[N+](=O)[O-])c(C(=O)Nc2cccc3cccnc23)c1. The molecule has 0 bridgehead atoms. The minimum Gasteiger partial charge on any atom is -0.320 e. The Hall–Kier alpha value is -4.06. The lowest BCUT2D eigenvalue weighted by molar-refractivity contribution is -0.384. The van der Waals surface area contributed by atoms with E-state index in [1.54, 1.807) is 42.6 Å². The van der Waals surface area contributed by atoms with E-state index in [9.17, 15) is 14.9 Å². The van der Waals surface area contributed by atoms with E-state index in [1.165, 1.54) is 6.07 Å². The molecule has 0 spiro atoms. The summed E-state index contributed by atoms with van der Waals surface area (Å²) in [5, 5.41) is 15.3. The quantitative estimate of drug-likeness (QED) is 0.379. The molecule has 0 aliphatic heterocycles. The Morgan fingerprint density at radius 3 is 2.59 bits per heavy atom. The van der Waals surface area contributed by atoms with Gasteiger partial charge in [-0.2, -0.15) is 0 Å². The molecule has 0 aliphatic rings. The zero-order chi connectivity index (χ0) is 20.4. The van der Waals surface area contributed by atoms with E-state index >= 15 is 0 Å². The molecule has 1 amide bonds. The first-order valence-corrected chi connectivity index (χ1v) is 9.04. The van der Waals surface area contributed by atoms with Gasteiger partial charge in [0.1, 0.15) is 0 Å². The normalized spacial score (nSPS) is 10.7. The topological polar surface area (TPSA) is 85.1 Å². The summed E-state index contributed by atoms with van der Waals surface area (Å²) >= 11 is 0. The van der Waals surface area contributed by atoms with Crippen molar-refractivity contribution in [1.82, 2.24) is 4.98 Å². The van der Waals surface area contributed by atoms with Crippen LogP contribution in [0.2, 0.25) is 0 Å². The van der Waals surface area contributed by atoms with Crippen LogP contribution in [-0.4, -0.2) is 15.8 Å². The fourth-order valence-electron chi connectivity index (χ4n) is 3.34. The number of nitrogens with zero attached hydrogens (tertiary/aromatic N) is 2. The molecule has 4 rings (SSSR count). The van der Waals surface area contributed by atoms with Gasteiger partial charge in [0.2, 0.25) is 0 Å². The van der Waals surface area contributed by atoms with Crippen molar-refractivity contribution in [3.8, 4) is 11.1 Å². The average Bonchev–Trinajstić information content (AvgIpc) is 2.74. The molecule has 0 fully saturated rings. The number of nitro benzene ring substituents is 1. The van der Waals surface area contributed by atoms with E-state index in [1.807, 2.05) is 37.3 Å². The summed E-state index contributed by atoms with van der Waals surface area (Å²) < 4.78 is 0. The lowest BCUT2D eigenvalue weighted by atomic mass is 9.96. The Labute approximate surface area is 167 Å². The van der Waals surface area contributed by atoms with Crippen molar-refractivity contribution >= 4 is 28.2 Å². The second-order valence-corrected chi connectivity index (χ2v) is 6.66. The maximum Gasteiger partial charge on any atom is 0.277 e. The first kappa shape index (κ1) is 18.3. The largest absolute Gasteiger partial charge is 0.320 e. The van der Waals surface area contributed by atoms with Crippen LogP contribution in [0.5, 0.6) is 0 Å². The van der Waals surface area contributed by atoms with Crippen LogP contribution < -0.4 is 5.32 Å². The summed E-state index contributed by atoms with van der Waals surface area (Å²) in [6.07, 6.45) is 1.67. The maximum atomic E-state index is 13.2. The van der Waals surface area contributed by atoms with Gasteiger partial charge < -0.3 is 5.32 Å². The molecule has 1 aromatic heterocycles. The number of benzene rings is 3. The molecule has 0 saturated carbocycles. The number of carbonyl (C=O) groups is 1. The van der Waals surface area contributed by atoms with E-state index in [0.717, 1.165) is 10.9 Å². The Morgan fingerprint density at radius 1 is 0.966 bits per heavy atom. The van der Waals surface area contributed by atoms with Gasteiger partial charge in [-0.25, -0.2) is 0 Å². The van der Waals surface area contributed by atoms with Gasteiger partial charge in [-0.05, 0) is 31.2 Å².